The molecular weight excluding hydrogens is 711 g/mol. The lowest BCUT2D eigenvalue weighted by atomic mass is 9.85. The van der Waals surface area contributed by atoms with Gasteiger partial charge in [-0.15, -0.1) is 0 Å². The van der Waals surface area contributed by atoms with Gasteiger partial charge in [0.25, 0.3) is 0 Å². The monoisotopic (exact) mass is 816 g/mol. The fourth-order valence-electron chi connectivity index (χ4n) is 8.99. The summed E-state index contributed by atoms with van der Waals surface area (Å²) in [7, 11) is 0. The minimum atomic E-state index is 0.425. The van der Waals surface area contributed by atoms with Crippen LogP contribution < -0.4 is 0 Å². The highest BCUT2D eigenvalue weighted by molar-refractivity contribution is 5.76. The van der Waals surface area contributed by atoms with Gasteiger partial charge in [0.1, 0.15) is 0 Å². The summed E-state index contributed by atoms with van der Waals surface area (Å²) in [6.07, 6.45) is 49.2. The first kappa shape index (κ1) is 54.9. The zero-order valence-corrected chi connectivity index (χ0v) is 40.3. The molecule has 5 heteroatoms. The van der Waals surface area contributed by atoms with E-state index < -0.39 is 0 Å². The molecular formula is C53H105N3O2. The van der Waals surface area contributed by atoms with Crippen LogP contribution in [-0.2, 0) is 9.59 Å². The molecule has 344 valence electrons. The van der Waals surface area contributed by atoms with Crippen LogP contribution in [0.4, 0.5) is 0 Å². The fourth-order valence-corrected chi connectivity index (χ4v) is 8.99. The number of unbranched alkanes of at least 4 members (excludes halogenated alkanes) is 28. The van der Waals surface area contributed by atoms with Crippen LogP contribution in [0.2, 0.25) is 0 Å². The Morgan fingerprint density at radius 1 is 0.345 bits per heavy atom. The number of amides is 2. The van der Waals surface area contributed by atoms with Crippen LogP contribution in [0, 0.1) is 5.92 Å². The van der Waals surface area contributed by atoms with Crippen LogP contribution in [0.5, 0.6) is 0 Å². The molecule has 0 aromatic heterocycles. The average Bonchev–Trinajstić information content (AvgIpc) is 3.21. The molecule has 0 atom stereocenters. The SMILES string of the molecule is CCCCCCCCN(CCCCCCCC)C(=O)CCCCCCCN(CCCCCCCC(=O)N(CCCCCCCC)CCCCCCCC)CC1CCC1. The average molecular weight is 816 g/mol. The molecule has 0 spiro atoms. The van der Waals surface area contributed by atoms with Crippen molar-refractivity contribution >= 4 is 11.8 Å². The van der Waals surface area contributed by atoms with Crippen molar-refractivity contribution in [3.8, 4) is 0 Å². The third kappa shape index (κ3) is 33.6. The molecule has 0 heterocycles. The van der Waals surface area contributed by atoms with Gasteiger partial charge >= 0.3 is 0 Å². The fraction of sp³-hybridized carbons (Fsp3) is 0.962. The van der Waals surface area contributed by atoms with Gasteiger partial charge in [0, 0.05) is 45.6 Å². The quantitative estimate of drug-likeness (QED) is 0.0575. The van der Waals surface area contributed by atoms with Gasteiger partial charge in [0.05, 0.1) is 0 Å². The molecule has 58 heavy (non-hydrogen) atoms. The number of rotatable bonds is 46. The van der Waals surface area contributed by atoms with Crippen molar-refractivity contribution in [3.05, 3.63) is 0 Å². The van der Waals surface area contributed by atoms with Crippen LogP contribution in [-0.4, -0.2) is 72.3 Å². The van der Waals surface area contributed by atoms with Gasteiger partial charge in [-0.25, -0.2) is 0 Å². The van der Waals surface area contributed by atoms with Crippen LogP contribution in [0.25, 0.3) is 0 Å². The smallest absolute Gasteiger partial charge is 0.222 e. The summed E-state index contributed by atoms with van der Waals surface area (Å²) in [5.74, 6) is 1.78. The Bertz CT molecular complexity index is 782. The molecule has 1 fully saturated rings. The molecule has 0 N–H and O–H groups in total. The predicted molar refractivity (Wildman–Crippen MR) is 256 cm³/mol. The first-order valence-electron chi connectivity index (χ1n) is 26.8. The van der Waals surface area contributed by atoms with E-state index in [0.29, 0.717) is 11.8 Å². The Balaban J connectivity index is 2.31. The van der Waals surface area contributed by atoms with E-state index in [1.807, 2.05) is 0 Å². The second kappa shape index (κ2) is 42.6. The first-order valence-corrected chi connectivity index (χ1v) is 26.8. The molecule has 0 aromatic carbocycles. The number of carbonyl (C=O) groups excluding carboxylic acids is 2. The van der Waals surface area contributed by atoms with E-state index >= 15 is 0 Å². The van der Waals surface area contributed by atoms with E-state index in [1.54, 1.807) is 0 Å². The Morgan fingerprint density at radius 2 is 0.603 bits per heavy atom. The molecule has 1 saturated carbocycles. The van der Waals surface area contributed by atoms with E-state index in [1.165, 1.54) is 244 Å². The van der Waals surface area contributed by atoms with Gasteiger partial charge in [-0.3, -0.25) is 9.59 Å². The standard InChI is InChI=1S/C53H105N3O2/c1-5-9-13-17-27-35-46-55(47-36-28-18-14-10-6-2)52(57)42-31-23-21-25-33-44-54(50-51-40-39-41-51)45-34-26-22-24-32-43-53(58)56(48-37-29-19-15-11-7-3)49-38-30-20-16-12-8-4/h51H,5-50H2,1-4H3. The summed E-state index contributed by atoms with van der Waals surface area (Å²) < 4.78 is 0. The third-order valence-electron chi connectivity index (χ3n) is 13.3. The van der Waals surface area contributed by atoms with Crippen molar-refractivity contribution in [3.63, 3.8) is 0 Å². The lowest BCUT2D eigenvalue weighted by Crippen LogP contribution is -2.34. The van der Waals surface area contributed by atoms with Gasteiger partial charge < -0.3 is 14.7 Å². The maximum atomic E-state index is 13.3. The highest BCUT2D eigenvalue weighted by Crippen LogP contribution is 2.27. The first-order chi connectivity index (χ1) is 28.5. The highest BCUT2D eigenvalue weighted by Gasteiger charge is 2.20. The topological polar surface area (TPSA) is 43.9 Å². The maximum absolute atomic E-state index is 13.3. The predicted octanol–water partition coefficient (Wildman–Crippen LogP) is 15.9. The lowest BCUT2D eigenvalue weighted by Gasteiger charge is -2.32. The van der Waals surface area contributed by atoms with Crippen LogP contribution in [0.1, 0.15) is 278 Å². The molecule has 0 aromatic rings. The van der Waals surface area contributed by atoms with Gasteiger partial charge in [-0.2, -0.15) is 0 Å². The van der Waals surface area contributed by atoms with E-state index in [9.17, 15) is 9.59 Å². The van der Waals surface area contributed by atoms with E-state index in [2.05, 4.69) is 42.4 Å². The van der Waals surface area contributed by atoms with Gasteiger partial charge in [0.15, 0.2) is 0 Å². The Morgan fingerprint density at radius 3 is 0.879 bits per heavy atom. The Labute approximate surface area is 364 Å². The maximum Gasteiger partial charge on any atom is 0.222 e. The molecule has 1 aliphatic rings. The summed E-state index contributed by atoms with van der Waals surface area (Å²) in [6.45, 7) is 16.9. The van der Waals surface area contributed by atoms with Crippen molar-refractivity contribution in [2.75, 3.05) is 45.8 Å². The molecule has 0 saturated heterocycles. The van der Waals surface area contributed by atoms with Gasteiger partial charge in [-0.05, 0) is 83.2 Å². The summed E-state index contributed by atoms with van der Waals surface area (Å²) >= 11 is 0. The normalized spacial score (nSPS) is 13.1. The molecule has 5 nitrogen and oxygen atoms in total. The summed E-state index contributed by atoms with van der Waals surface area (Å²) in [5.41, 5.74) is 0. The van der Waals surface area contributed by atoms with Crippen molar-refractivity contribution in [2.45, 2.75) is 278 Å². The minimum absolute atomic E-state index is 0.425. The number of hydrogen-bond donors (Lipinski definition) is 0. The molecule has 1 rings (SSSR count). The molecule has 0 radical (unpaired) electrons. The van der Waals surface area contributed by atoms with Gasteiger partial charge in [0.2, 0.25) is 11.8 Å². The lowest BCUT2D eigenvalue weighted by molar-refractivity contribution is -0.132. The second-order valence-corrected chi connectivity index (χ2v) is 19.0. The number of hydrogen-bond acceptors (Lipinski definition) is 3. The second-order valence-electron chi connectivity index (χ2n) is 19.0. The summed E-state index contributed by atoms with van der Waals surface area (Å²) in [4.78, 5) is 33.8. The van der Waals surface area contributed by atoms with Crippen LogP contribution in [0.15, 0.2) is 0 Å². The van der Waals surface area contributed by atoms with Gasteiger partial charge in [-0.1, -0.05) is 201 Å². The van der Waals surface area contributed by atoms with Crippen molar-refractivity contribution < 1.29 is 9.59 Å². The van der Waals surface area contributed by atoms with E-state index in [0.717, 1.165) is 57.8 Å². The van der Waals surface area contributed by atoms with Crippen LogP contribution >= 0.6 is 0 Å². The summed E-state index contributed by atoms with van der Waals surface area (Å²) in [6, 6.07) is 0. The van der Waals surface area contributed by atoms with E-state index in [-0.39, 0.29) is 0 Å². The third-order valence-corrected chi connectivity index (χ3v) is 13.3. The Hall–Kier alpha value is -1.10. The Kier molecular flexibility index (Phi) is 40.3. The molecule has 2 amide bonds. The molecule has 1 aliphatic carbocycles. The minimum Gasteiger partial charge on any atom is -0.343 e. The molecule has 0 aliphatic heterocycles. The van der Waals surface area contributed by atoms with Crippen molar-refractivity contribution in [2.24, 2.45) is 5.92 Å². The van der Waals surface area contributed by atoms with E-state index in [4.69, 9.17) is 0 Å². The summed E-state index contributed by atoms with van der Waals surface area (Å²) in [5, 5.41) is 0. The molecule has 0 unspecified atom stereocenters. The van der Waals surface area contributed by atoms with Crippen molar-refractivity contribution in [1.82, 2.24) is 14.7 Å². The number of nitrogens with zero attached hydrogens (tertiary/aromatic N) is 3. The van der Waals surface area contributed by atoms with Crippen LogP contribution in [0.3, 0.4) is 0 Å². The largest absolute Gasteiger partial charge is 0.343 e. The number of carbonyl (C=O) groups is 2. The van der Waals surface area contributed by atoms with Crippen molar-refractivity contribution in [1.29, 1.82) is 0 Å². The zero-order chi connectivity index (χ0) is 42.0. The molecule has 0 bridgehead atoms. The zero-order valence-electron chi connectivity index (χ0n) is 40.3. The highest BCUT2D eigenvalue weighted by atomic mass is 16.2.